The topological polar surface area (TPSA) is 32.8 Å². The van der Waals surface area contributed by atoms with Gasteiger partial charge in [-0.3, -0.25) is 4.79 Å². The van der Waals surface area contributed by atoms with Crippen LogP contribution in [0.15, 0.2) is 24.3 Å². The van der Waals surface area contributed by atoms with Gasteiger partial charge in [-0.1, -0.05) is 12.1 Å². The number of likely N-dealkylation sites (N-methyl/N-ethyl adjacent to an activating group) is 1. The standard InChI is InChI=1S/C18H25FN2O2/c1-20-8-9-23-17(12-20)13-21(11-15-2-3-15)18(22)10-14-4-6-16(19)7-5-14/h4-7,15,17H,2-3,8-13H2,1H3/t17-/m0/s1. The summed E-state index contributed by atoms with van der Waals surface area (Å²) in [5, 5.41) is 0. The van der Waals surface area contributed by atoms with E-state index in [1.165, 1.54) is 25.0 Å². The largest absolute Gasteiger partial charge is 0.374 e. The number of hydrogen-bond donors (Lipinski definition) is 0. The van der Waals surface area contributed by atoms with Crippen molar-refractivity contribution in [2.45, 2.75) is 25.4 Å². The lowest BCUT2D eigenvalue weighted by molar-refractivity contribution is -0.134. The molecule has 1 heterocycles. The Morgan fingerprint density at radius 3 is 2.70 bits per heavy atom. The SMILES string of the molecule is CN1CCO[C@H](CN(CC2CC2)C(=O)Cc2ccc(F)cc2)C1. The van der Waals surface area contributed by atoms with Crippen LogP contribution >= 0.6 is 0 Å². The number of nitrogens with zero attached hydrogens (tertiary/aromatic N) is 2. The fourth-order valence-electron chi connectivity index (χ4n) is 3.00. The van der Waals surface area contributed by atoms with E-state index in [0.717, 1.165) is 31.8 Å². The molecular weight excluding hydrogens is 295 g/mol. The van der Waals surface area contributed by atoms with Gasteiger partial charge < -0.3 is 14.5 Å². The van der Waals surface area contributed by atoms with Crippen LogP contribution in [0.2, 0.25) is 0 Å². The molecule has 0 radical (unpaired) electrons. The lowest BCUT2D eigenvalue weighted by Gasteiger charge is -2.34. The number of morpholine rings is 1. The molecule has 0 aromatic heterocycles. The first kappa shape index (κ1) is 16.4. The van der Waals surface area contributed by atoms with Gasteiger partial charge in [-0.25, -0.2) is 4.39 Å². The van der Waals surface area contributed by atoms with Crippen molar-refractivity contribution in [1.29, 1.82) is 0 Å². The summed E-state index contributed by atoms with van der Waals surface area (Å²) >= 11 is 0. The van der Waals surface area contributed by atoms with E-state index in [-0.39, 0.29) is 17.8 Å². The average molecular weight is 320 g/mol. The maximum Gasteiger partial charge on any atom is 0.227 e. The van der Waals surface area contributed by atoms with Crippen molar-refractivity contribution >= 4 is 5.91 Å². The van der Waals surface area contributed by atoms with E-state index in [4.69, 9.17) is 4.74 Å². The van der Waals surface area contributed by atoms with Crippen LogP contribution in [0, 0.1) is 11.7 Å². The maximum absolute atomic E-state index is 13.0. The number of benzene rings is 1. The van der Waals surface area contributed by atoms with Crippen LogP contribution in [-0.4, -0.2) is 61.6 Å². The van der Waals surface area contributed by atoms with Crippen molar-refractivity contribution in [2.24, 2.45) is 5.92 Å². The van der Waals surface area contributed by atoms with E-state index in [0.29, 0.717) is 18.9 Å². The normalized spacial score (nSPS) is 22.1. The van der Waals surface area contributed by atoms with Crippen molar-refractivity contribution in [3.8, 4) is 0 Å². The Bertz CT molecular complexity index is 530. The summed E-state index contributed by atoms with van der Waals surface area (Å²) in [5.74, 6) is 0.489. The lowest BCUT2D eigenvalue weighted by atomic mass is 10.1. The highest BCUT2D eigenvalue weighted by atomic mass is 19.1. The Morgan fingerprint density at radius 1 is 1.30 bits per heavy atom. The molecule has 2 aliphatic rings. The summed E-state index contributed by atoms with van der Waals surface area (Å²) in [7, 11) is 2.08. The third-order valence-electron chi connectivity index (χ3n) is 4.56. The van der Waals surface area contributed by atoms with E-state index < -0.39 is 0 Å². The highest BCUT2D eigenvalue weighted by Gasteiger charge is 2.29. The van der Waals surface area contributed by atoms with Gasteiger partial charge in [0, 0.05) is 26.2 Å². The van der Waals surface area contributed by atoms with Crippen molar-refractivity contribution in [1.82, 2.24) is 9.80 Å². The molecule has 1 aromatic carbocycles. The van der Waals surface area contributed by atoms with Gasteiger partial charge in [-0.2, -0.15) is 0 Å². The molecule has 4 nitrogen and oxygen atoms in total. The Labute approximate surface area is 137 Å². The van der Waals surface area contributed by atoms with Gasteiger partial charge in [0.15, 0.2) is 0 Å². The number of ether oxygens (including phenoxy) is 1. The summed E-state index contributed by atoms with van der Waals surface area (Å²) < 4.78 is 18.8. The molecule has 1 aliphatic heterocycles. The minimum atomic E-state index is -0.269. The van der Waals surface area contributed by atoms with Crippen LogP contribution in [0.3, 0.4) is 0 Å². The molecule has 1 amide bonds. The molecule has 1 aliphatic carbocycles. The molecule has 23 heavy (non-hydrogen) atoms. The van der Waals surface area contributed by atoms with Crippen LogP contribution in [0.1, 0.15) is 18.4 Å². The molecule has 126 valence electrons. The Hall–Kier alpha value is -1.46. The van der Waals surface area contributed by atoms with E-state index in [2.05, 4.69) is 11.9 Å². The van der Waals surface area contributed by atoms with Gasteiger partial charge in [-0.15, -0.1) is 0 Å². The Morgan fingerprint density at radius 2 is 2.04 bits per heavy atom. The van der Waals surface area contributed by atoms with Gasteiger partial charge in [0.1, 0.15) is 5.82 Å². The first-order valence-electron chi connectivity index (χ1n) is 8.42. The Balaban J connectivity index is 1.60. The molecule has 0 N–H and O–H groups in total. The fraction of sp³-hybridized carbons (Fsp3) is 0.611. The average Bonchev–Trinajstić information content (AvgIpc) is 3.33. The third-order valence-corrected chi connectivity index (χ3v) is 4.56. The second kappa shape index (κ2) is 7.41. The summed E-state index contributed by atoms with van der Waals surface area (Å²) in [6.45, 7) is 4.02. The molecule has 2 fully saturated rings. The van der Waals surface area contributed by atoms with Crippen molar-refractivity contribution < 1.29 is 13.9 Å². The number of carbonyl (C=O) groups is 1. The molecule has 1 saturated carbocycles. The predicted octanol–water partition coefficient (Wildman–Crippen LogP) is 1.94. The Kier molecular flexibility index (Phi) is 5.28. The van der Waals surface area contributed by atoms with Gasteiger partial charge >= 0.3 is 0 Å². The molecule has 0 bridgehead atoms. The molecule has 3 rings (SSSR count). The zero-order valence-corrected chi connectivity index (χ0v) is 13.7. The molecule has 5 heteroatoms. The van der Waals surface area contributed by atoms with Crippen LogP contribution in [0.25, 0.3) is 0 Å². The first-order chi connectivity index (χ1) is 11.1. The van der Waals surface area contributed by atoms with Crippen LogP contribution < -0.4 is 0 Å². The number of carbonyl (C=O) groups excluding carboxylic acids is 1. The third kappa shape index (κ3) is 5.01. The van der Waals surface area contributed by atoms with Gasteiger partial charge in [0.05, 0.1) is 19.1 Å². The van der Waals surface area contributed by atoms with Crippen LogP contribution in [-0.2, 0) is 16.0 Å². The molecular formula is C18H25FN2O2. The number of hydrogen-bond acceptors (Lipinski definition) is 3. The zero-order chi connectivity index (χ0) is 16.2. The molecule has 1 saturated heterocycles. The van der Waals surface area contributed by atoms with Crippen LogP contribution in [0.4, 0.5) is 4.39 Å². The van der Waals surface area contributed by atoms with Gasteiger partial charge in [0.25, 0.3) is 0 Å². The maximum atomic E-state index is 13.0. The van der Waals surface area contributed by atoms with E-state index in [9.17, 15) is 9.18 Å². The monoisotopic (exact) mass is 320 g/mol. The highest BCUT2D eigenvalue weighted by molar-refractivity contribution is 5.78. The van der Waals surface area contributed by atoms with E-state index >= 15 is 0 Å². The summed E-state index contributed by atoms with van der Waals surface area (Å²) in [6.07, 6.45) is 2.84. The predicted molar refractivity (Wildman–Crippen MR) is 86.6 cm³/mol. The first-order valence-corrected chi connectivity index (χ1v) is 8.42. The number of rotatable bonds is 6. The minimum Gasteiger partial charge on any atom is -0.374 e. The number of amides is 1. The second-order valence-corrected chi connectivity index (χ2v) is 6.80. The molecule has 0 unspecified atom stereocenters. The van der Waals surface area contributed by atoms with Crippen LogP contribution in [0.5, 0.6) is 0 Å². The van der Waals surface area contributed by atoms with Gasteiger partial charge in [-0.05, 0) is 43.5 Å². The second-order valence-electron chi connectivity index (χ2n) is 6.80. The quantitative estimate of drug-likeness (QED) is 0.803. The fourth-order valence-corrected chi connectivity index (χ4v) is 3.00. The molecule has 0 spiro atoms. The smallest absolute Gasteiger partial charge is 0.227 e. The van der Waals surface area contributed by atoms with Crippen molar-refractivity contribution in [3.63, 3.8) is 0 Å². The van der Waals surface area contributed by atoms with Gasteiger partial charge in [0.2, 0.25) is 5.91 Å². The number of halogens is 1. The summed E-state index contributed by atoms with van der Waals surface area (Å²) in [5.41, 5.74) is 0.860. The van der Waals surface area contributed by atoms with E-state index in [1.807, 2.05) is 4.90 Å². The lowest BCUT2D eigenvalue weighted by Crippen LogP contribution is -2.48. The zero-order valence-electron chi connectivity index (χ0n) is 13.7. The summed E-state index contributed by atoms with van der Waals surface area (Å²) in [6, 6.07) is 6.20. The summed E-state index contributed by atoms with van der Waals surface area (Å²) in [4.78, 5) is 16.9. The molecule has 1 aromatic rings. The highest BCUT2D eigenvalue weighted by Crippen LogP contribution is 2.30. The van der Waals surface area contributed by atoms with Crippen molar-refractivity contribution in [2.75, 3.05) is 39.8 Å². The van der Waals surface area contributed by atoms with E-state index in [1.54, 1.807) is 12.1 Å². The minimum absolute atomic E-state index is 0.0877. The molecule has 1 atom stereocenters. The van der Waals surface area contributed by atoms with Crippen molar-refractivity contribution in [3.05, 3.63) is 35.6 Å².